The molecule has 18 heavy (non-hydrogen) atoms. The summed E-state index contributed by atoms with van der Waals surface area (Å²) < 4.78 is 0. The molecule has 0 aromatic heterocycles. The maximum Gasteiger partial charge on any atom is 0.224 e. The minimum Gasteiger partial charge on any atom is -0.398 e. The number of carbonyl (C=O) groups excluding carboxylic acids is 1. The zero-order valence-corrected chi connectivity index (χ0v) is 10.6. The number of anilines is 1. The fourth-order valence-corrected chi connectivity index (χ4v) is 2.79. The van der Waals surface area contributed by atoms with Gasteiger partial charge in [-0.1, -0.05) is 18.2 Å². The van der Waals surface area contributed by atoms with Crippen molar-refractivity contribution in [2.24, 2.45) is 11.3 Å². The second kappa shape index (κ2) is 4.30. The molecule has 3 rings (SSSR count). The van der Waals surface area contributed by atoms with E-state index in [1.54, 1.807) is 0 Å². The minimum atomic E-state index is 0.0971. The molecule has 0 atom stereocenters. The lowest BCUT2D eigenvalue weighted by Crippen LogP contribution is -2.32. The van der Waals surface area contributed by atoms with Gasteiger partial charge < -0.3 is 11.1 Å². The summed E-state index contributed by atoms with van der Waals surface area (Å²) in [6.45, 7) is 0.864. The Balaban J connectivity index is 1.52. The van der Waals surface area contributed by atoms with Crippen LogP contribution in [0.15, 0.2) is 24.3 Å². The van der Waals surface area contributed by atoms with Gasteiger partial charge in [-0.2, -0.15) is 0 Å². The highest BCUT2D eigenvalue weighted by molar-refractivity contribution is 5.80. The number of rotatable bonds is 5. The average Bonchev–Trinajstić information content (AvgIpc) is 3.23. The van der Waals surface area contributed by atoms with Gasteiger partial charge in [0, 0.05) is 12.2 Å². The molecule has 3 heteroatoms. The molecule has 0 bridgehead atoms. The van der Waals surface area contributed by atoms with E-state index in [1.807, 2.05) is 24.3 Å². The number of benzene rings is 1. The predicted octanol–water partition coefficient (Wildman–Crippen LogP) is 2.12. The van der Waals surface area contributed by atoms with Crippen molar-refractivity contribution in [2.75, 3.05) is 12.3 Å². The van der Waals surface area contributed by atoms with Crippen molar-refractivity contribution in [3.05, 3.63) is 29.8 Å². The number of hydrogen-bond acceptors (Lipinski definition) is 2. The lowest BCUT2D eigenvalue weighted by molar-refractivity contribution is -0.120. The third-order valence-corrected chi connectivity index (χ3v) is 4.38. The molecule has 1 aromatic carbocycles. The van der Waals surface area contributed by atoms with Crippen LogP contribution in [0.5, 0.6) is 0 Å². The molecule has 2 aliphatic rings. The normalized spacial score (nSPS) is 20.4. The second-order valence-corrected chi connectivity index (χ2v) is 5.79. The standard InChI is InChI=1S/C15H20N2O/c16-13-4-2-1-3-11(13)9-14(18)17-10-15(7-8-15)12-5-6-12/h1-4,12H,5-10,16H2,(H,17,18). The first-order valence-electron chi connectivity index (χ1n) is 6.80. The Morgan fingerprint density at radius 2 is 2.06 bits per heavy atom. The first-order chi connectivity index (χ1) is 8.70. The number of amides is 1. The van der Waals surface area contributed by atoms with Gasteiger partial charge in [-0.3, -0.25) is 4.79 Å². The summed E-state index contributed by atoms with van der Waals surface area (Å²) in [5.41, 5.74) is 7.94. The third kappa shape index (κ3) is 2.35. The van der Waals surface area contributed by atoms with E-state index in [0.717, 1.165) is 18.0 Å². The maximum absolute atomic E-state index is 11.9. The molecule has 2 fully saturated rings. The molecule has 3 nitrogen and oxygen atoms in total. The first-order valence-corrected chi connectivity index (χ1v) is 6.80. The van der Waals surface area contributed by atoms with Crippen molar-refractivity contribution in [1.82, 2.24) is 5.32 Å². The van der Waals surface area contributed by atoms with Crippen LogP contribution in [-0.4, -0.2) is 12.5 Å². The van der Waals surface area contributed by atoms with E-state index >= 15 is 0 Å². The number of carbonyl (C=O) groups is 1. The summed E-state index contributed by atoms with van der Waals surface area (Å²) in [6.07, 6.45) is 5.72. The summed E-state index contributed by atoms with van der Waals surface area (Å²) in [4.78, 5) is 11.9. The van der Waals surface area contributed by atoms with Crippen LogP contribution >= 0.6 is 0 Å². The van der Waals surface area contributed by atoms with E-state index < -0.39 is 0 Å². The van der Waals surface area contributed by atoms with Gasteiger partial charge in [0.1, 0.15) is 0 Å². The van der Waals surface area contributed by atoms with Crippen LogP contribution < -0.4 is 11.1 Å². The van der Waals surface area contributed by atoms with Crippen molar-refractivity contribution < 1.29 is 4.79 Å². The number of nitrogen functional groups attached to an aromatic ring is 1. The van der Waals surface area contributed by atoms with Crippen LogP contribution in [0.1, 0.15) is 31.2 Å². The molecule has 96 valence electrons. The van der Waals surface area contributed by atoms with Gasteiger partial charge in [0.2, 0.25) is 5.91 Å². The molecule has 1 aromatic rings. The van der Waals surface area contributed by atoms with Crippen LogP contribution in [0.25, 0.3) is 0 Å². The predicted molar refractivity (Wildman–Crippen MR) is 72.0 cm³/mol. The summed E-state index contributed by atoms with van der Waals surface area (Å²) in [5, 5.41) is 3.09. The Labute approximate surface area is 108 Å². The van der Waals surface area contributed by atoms with Crippen LogP contribution in [0.2, 0.25) is 0 Å². The molecule has 1 amide bonds. The summed E-state index contributed by atoms with van der Waals surface area (Å²) >= 11 is 0. The van der Waals surface area contributed by atoms with E-state index in [9.17, 15) is 4.79 Å². The van der Waals surface area contributed by atoms with Crippen molar-refractivity contribution in [1.29, 1.82) is 0 Å². The SMILES string of the molecule is Nc1ccccc1CC(=O)NCC1(C2CC2)CC1. The Hall–Kier alpha value is -1.51. The number of nitrogens with two attached hydrogens (primary N) is 1. The number of para-hydroxylation sites is 1. The van der Waals surface area contributed by atoms with Crippen LogP contribution in [0, 0.1) is 11.3 Å². The summed E-state index contributed by atoms with van der Waals surface area (Å²) in [7, 11) is 0. The smallest absolute Gasteiger partial charge is 0.224 e. The third-order valence-electron chi connectivity index (χ3n) is 4.38. The highest BCUT2D eigenvalue weighted by Gasteiger charge is 2.53. The van der Waals surface area contributed by atoms with Gasteiger partial charge in [-0.25, -0.2) is 0 Å². The van der Waals surface area contributed by atoms with E-state index in [-0.39, 0.29) is 5.91 Å². The monoisotopic (exact) mass is 244 g/mol. The van der Waals surface area contributed by atoms with Crippen molar-refractivity contribution in [2.45, 2.75) is 32.1 Å². The fourth-order valence-electron chi connectivity index (χ4n) is 2.79. The van der Waals surface area contributed by atoms with Gasteiger partial charge >= 0.3 is 0 Å². The average molecular weight is 244 g/mol. The Morgan fingerprint density at radius 1 is 1.33 bits per heavy atom. The van der Waals surface area contributed by atoms with Gasteiger partial charge in [-0.15, -0.1) is 0 Å². The maximum atomic E-state index is 11.9. The molecule has 3 N–H and O–H groups in total. The molecule has 0 aliphatic heterocycles. The minimum absolute atomic E-state index is 0.0971. The molecular formula is C15H20N2O. The van der Waals surface area contributed by atoms with Gasteiger partial charge in [0.25, 0.3) is 0 Å². The van der Waals surface area contributed by atoms with Crippen LogP contribution in [0.3, 0.4) is 0 Å². The molecule has 2 saturated carbocycles. The van der Waals surface area contributed by atoms with E-state index in [4.69, 9.17) is 5.73 Å². The second-order valence-electron chi connectivity index (χ2n) is 5.79. The molecule has 0 unspecified atom stereocenters. The zero-order chi connectivity index (χ0) is 12.6. The lowest BCUT2D eigenvalue weighted by Gasteiger charge is -2.15. The Kier molecular flexibility index (Phi) is 2.77. The number of hydrogen-bond donors (Lipinski definition) is 2. The van der Waals surface area contributed by atoms with E-state index in [0.29, 0.717) is 17.5 Å². The molecule has 0 radical (unpaired) electrons. The topological polar surface area (TPSA) is 55.1 Å². The van der Waals surface area contributed by atoms with E-state index in [2.05, 4.69) is 5.32 Å². The Morgan fingerprint density at radius 3 is 2.67 bits per heavy atom. The Bertz CT molecular complexity index is 461. The summed E-state index contributed by atoms with van der Waals surface area (Å²) in [5.74, 6) is 0.986. The van der Waals surface area contributed by atoms with Crippen LogP contribution in [0.4, 0.5) is 5.69 Å². The molecule has 0 heterocycles. The van der Waals surface area contributed by atoms with Crippen LogP contribution in [-0.2, 0) is 11.2 Å². The highest BCUT2D eigenvalue weighted by Crippen LogP contribution is 2.60. The largest absolute Gasteiger partial charge is 0.398 e. The van der Waals surface area contributed by atoms with Crippen molar-refractivity contribution in [3.8, 4) is 0 Å². The van der Waals surface area contributed by atoms with Crippen molar-refractivity contribution >= 4 is 11.6 Å². The highest BCUT2D eigenvalue weighted by atomic mass is 16.1. The molecule has 2 aliphatic carbocycles. The van der Waals surface area contributed by atoms with Gasteiger partial charge in [0.15, 0.2) is 0 Å². The molecule has 0 spiro atoms. The van der Waals surface area contributed by atoms with Gasteiger partial charge in [0.05, 0.1) is 6.42 Å². The quantitative estimate of drug-likeness (QED) is 0.779. The van der Waals surface area contributed by atoms with E-state index in [1.165, 1.54) is 25.7 Å². The number of nitrogens with one attached hydrogen (secondary N) is 1. The fraction of sp³-hybridized carbons (Fsp3) is 0.533. The van der Waals surface area contributed by atoms with Gasteiger partial charge in [-0.05, 0) is 48.6 Å². The molecular weight excluding hydrogens is 224 g/mol. The first kappa shape index (κ1) is 11.6. The molecule has 0 saturated heterocycles. The summed E-state index contributed by atoms with van der Waals surface area (Å²) in [6, 6.07) is 7.58. The van der Waals surface area contributed by atoms with Crippen molar-refractivity contribution in [3.63, 3.8) is 0 Å². The zero-order valence-electron chi connectivity index (χ0n) is 10.6. The lowest BCUT2D eigenvalue weighted by atomic mass is 10.0.